The molecular weight excluding hydrogens is 580 g/mol. The van der Waals surface area contributed by atoms with Gasteiger partial charge in [0.25, 0.3) is 5.56 Å². The third-order valence-corrected chi connectivity index (χ3v) is 8.03. The van der Waals surface area contributed by atoms with Gasteiger partial charge >= 0.3 is 11.7 Å². The van der Waals surface area contributed by atoms with E-state index in [1.54, 1.807) is 14.2 Å². The highest BCUT2D eigenvalue weighted by Gasteiger charge is 2.42. The lowest BCUT2D eigenvalue weighted by Crippen LogP contribution is -2.43. The topological polar surface area (TPSA) is 127 Å². The third kappa shape index (κ3) is 6.28. The van der Waals surface area contributed by atoms with Gasteiger partial charge in [-0.25, -0.2) is 9.36 Å². The maximum absolute atomic E-state index is 13.3. The molecule has 1 saturated heterocycles. The molecule has 0 amide bonds. The van der Waals surface area contributed by atoms with Gasteiger partial charge in [0.2, 0.25) is 0 Å². The van der Waals surface area contributed by atoms with E-state index in [4.69, 9.17) is 18.9 Å². The number of aliphatic hydroxyl groups excluding tert-OH is 1. The monoisotopic (exact) mass is 616 g/mol. The van der Waals surface area contributed by atoms with Crippen LogP contribution >= 0.6 is 0 Å². The summed E-state index contributed by atoms with van der Waals surface area (Å²) in [6.07, 6.45) is -1.29. The number of nitrogens with zero attached hydrogens (tertiary/aromatic N) is 2. The van der Waals surface area contributed by atoms with Crippen LogP contribution in [-0.2, 0) is 31.2 Å². The van der Waals surface area contributed by atoms with Gasteiger partial charge in [0, 0.05) is 18.2 Å². The quantitative estimate of drug-likeness (QED) is 0.200. The maximum atomic E-state index is 13.3. The molecule has 1 fully saturated rings. The summed E-state index contributed by atoms with van der Waals surface area (Å²) in [6, 6.07) is 24.8. The lowest BCUT2D eigenvalue weighted by molar-refractivity contribution is -0.141. The summed E-state index contributed by atoms with van der Waals surface area (Å²) < 4.78 is 30.6. The smallest absolute Gasteiger partial charge is 0.333 e. The van der Waals surface area contributed by atoms with Crippen molar-refractivity contribution in [2.75, 3.05) is 27.9 Å². The molecule has 0 saturated carbocycles. The number of hydrogen-bond donors (Lipinski definition) is 1. The molecular formula is C34H36N2O9. The third-order valence-electron chi connectivity index (χ3n) is 8.03. The number of methoxy groups -OCH3 is 3. The number of aryl methyl sites for hydroxylation is 1. The van der Waals surface area contributed by atoms with Gasteiger partial charge in [0.05, 0.1) is 34.0 Å². The number of rotatable bonds is 11. The Bertz CT molecular complexity index is 1680. The first-order valence-corrected chi connectivity index (χ1v) is 14.4. The van der Waals surface area contributed by atoms with Crippen molar-refractivity contribution in [2.24, 2.45) is 0 Å². The molecule has 1 aliphatic heterocycles. The van der Waals surface area contributed by atoms with E-state index in [1.807, 2.05) is 78.9 Å². The maximum Gasteiger partial charge on any atom is 0.333 e. The van der Waals surface area contributed by atoms with Crippen molar-refractivity contribution in [1.82, 2.24) is 9.13 Å². The molecule has 0 radical (unpaired) electrons. The molecule has 0 bridgehead atoms. The molecule has 0 unspecified atom stereocenters. The van der Waals surface area contributed by atoms with E-state index in [9.17, 15) is 19.5 Å². The minimum Gasteiger partial charge on any atom is -0.497 e. The fourth-order valence-electron chi connectivity index (χ4n) is 5.61. The van der Waals surface area contributed by atoms with Crippen molar-refractivity contribution in [1.29, 1.82) is 0 Å². The number of benzene rings is 3. The van der Waals surface area contributed by atoms with Crippen LogP contribution in [0.25, 0.3) is 0 Å². The van der Waals surface area contributed by atoms with Crippen LogP contribution in [0.15, 0.2) is 94.6 Å². The lowest BCUT2D eigenvalue weighted by atomic mass is 9.80. The van der Waals surface area contributed by atoms with E-state index in [0.29, 0.717) is 11.5 Å². The Hall–Kier alpha value is -4.71. The largest absolute Gasteiger partial charge is 0.497 e. The highest BCUT2D eigenvalue weighted by Crippen LogP contribution is 2.42. The molecule has 3 atom stereocenters. The lowest BCUT2D eigenvalue weighted by Gasteiger charge is -2.37. The van der Waals surface area contributed by atoms with Crippen LogP contribution in [0.5, 0.6) is 11.5 Å². The van der Waals surface area contributed by atoms with Crippen LogP contribution in [0.3, 0.4) is 0 Å². The average Bonchev–Trinajstić information content (AvgIpc) is 3.45. The summed E-state index contributed by atoms with van der Waals surface area (Å²) >= 11 is 0. The molecule has 11 heteroatoms. The van der Waals surface area contributed by atoms with Crippen molar-refractivity contribution in [3.8, 4) is 11.5 Å². The molecule has 1 aromatic heterocycles. The zero-order valence-corrected chi connectivity index (χ0v) is 25.5. The Balaban J connectivity index is 1.52. The fraction of sp³-hybridized carbons (Fsp3) is 0.324. The van der Waals surface area contributed by atoms with Gasteiger partial charge in [0.1, 0.15) is 36.0 Å². The number of esters is 1. The van der Waals surface area contributed by atoms with E-state index in [0.717, 1.165) is 21.3 Å². The number of hydrogen-bond acceptors (Lipinski definition) is 9. The van der Waals surface area contributed by atoms with Crippen LogP contribution in [0, 0.1) is 6.92 Å². The van der Waals surface area contributed by atoms with Crippen molar-refractivity contribution in [3.05, 3.63) is 128 Å². The zero-order valence-electron chi connectivity index (χ0n) is 25.5. The molecule has 0 spiro atoms. The van der Waals surface area contributed by atoms with E-state index < -0.39 is 47.8 Å². The number of ether oxygens (including phenoxy) is 5. The first kappa shape index (κ1) is 31.7. The minimum atomic E-state index is -1.14. The first-order chi connectivity index (χ1) is 21.7. The van der Waals surface area contributed by atoms with E-state index in [-0.39, 0.29) is 18.6 Å². The number of aromatic nitrogens is 2. The van der Waals surface area contributed by atoms with Crippen LogP contribution in [-0.4, -0.2) is 60.4 Å². The average molecular weight is 617 g/mol. The zero-order chi connectivity index (χ0) is 32.1. The Morgan fingerprint density at radius 3 is 1.98 bits per heavy atom. The number of carbonyl (C=O) groups is 1. The molecule has 3 aromatic carbocycles. The summed E-state index contributed by atoms with van der Waals surface area (Å²) in [7, 11) is 4.38. The summed E-state index contributed by atoms with van der Waals surface area (Å²) in [6.45, 7) is 0.942. The molecule has 45 heavy (non-hydrogen) atoms. The molecule has 5 rings (SSSR count). The summed E-state index contributed by atoms with van der Waals surface area (Å²) in [5.74, 6) is 0.628. The minimum absolute atomic E-state index is 0.0554. The van der Waals surface area contributed by atoms with Gasteiger partial charge in [0.15, 0.2) is 0 Å². The van der Waals surface area contributed by atoms with Crippen molar-refractivity contribution >= 4 is 5.97 Å². The molecule has 1 N–H and O–H groups in total. The van der Waals surface area contributed by atoms with Gasteiger partial charge in [-0.05, 0) is 47.9 Å². The van der Waals surface area contributed by atoms with Crippen molar-refractivity contribution < 1.29 is 33.6 Å². The molecule has 1 aliphatic rings. The normalized spacial score (nSPS) is 18.0. The fourth-order valence-corrected chi connectivity index (χ4v) is 5.61. The van der Waals surface area contributed by atoms with Gasteiger partial charge < -0.3 is 28.8 Å². The Kier molecular flexibility index (Phi) is 9.52. The second-order valence-electron chi connectivity index (χ2n) is 10.7. The van der Waals surface area contributed by atoms with Crippen LogP contribution in [0.2, 0.25) is 0 Å². The SMILES string of the molecule is COC(=O)Cn1c(=O)c(C)cn([C@H]2C[C@H](O)[C@@H](COC(c3ccccc3)(c3ccc(OC)cc3)c3ccc(OC)cc3)O2)c1=O. The number of aliphatic hydroxyl groups is 1. The molecule has 236 valence electrons. The Labute approximate surface area is 260 Å². The van der Waals surface area contributed by atoms with E-state index in [1.165, 1.54) is 24.8 Å². The van der Waals surface area contributed by atoms with E-state index in [2.05, 4.69) is 4.74 Å². The number of carbonyl (C=O) groups excluding carboxylic acids is 1. The molecule has 11 nitrogen and oxygen atoms in total. The van der Waals surface area contributed by atoms with E-state index >= 15 is 0 Å². The predicted molar refractivity (Wildman–Crippen MR) is 165 cm³/mol. The molecule has 0 aliphatic carbocycles. The standard InChI is InChI=1S/C34H36N2O9/c1-22-19-35(33(40)36(32(22)39)20-31(38)43-4)30-18-28(37)29(45-30)21-44-34(23-8-6-5-7-9-23,24-10-14-26(41-2)15-11-24)25-12-16-27(42-3)17-13-25/h5-17,19,28-30,37H,18,20-21H2,1-4H3/t28-,29+,30+/m0/s1. The first-order valence-electron chi connectivity index (χ1n) is 14.4. The molecule has 4 aromatic rings. The summed E-state index contributed by atoms with van der Waals surface area (Å²) in [4.78, 5) is 37.8. The summed E-state index contributed by atoms with van der Waals surface area (Å²) in [5.41, 5.74) is 0.208. The van der Waals surface area contributed by atoms with Crippen molar-refractivity contribution in [2.45, 2.75) is 43.9 Å². The van der Waals surface area contributed by atoms with Crippen LogP contribution < -0.4 is 20.7 Å². The second-order valence-corrected chi connectivity index (χ2v) is 10.7. The van der Waals surface area contributed by atoms with Gasteiger partial charge in [-0.3, -0.25) is 14.2 Å². The highest BCUT2D eigenvalue weighted by molar-refractivity contribution is 5.68. The molecule has 2 heterocycles. The second kappa shape index (κ2) is 13.5. The highest BCUT2D eigenvalue weighted by atomic mass is 16.6. The van der Waals surface area contributed by atoms with Crippen LogP contribution in [0.4, 0.5) is 0 Å². The van der Waals surface area contributed by atoms with Crippen LogP contribution in [0.1, 0.15) is 34.9 Å². The van der Waals surface area contributed by atoms with Gasteiger partial charge in [-0.2, -0.15) is 0 Å². The van der Waals surface area contributed by atoms with Gasteiger partial charge in [-0.15, -0.1) is 0 Å². The summed E-state index contributed by atoms with van der Waals surface area (Å²) in [5, 5.41) is 11.1. The van der Waals surface area contributed by atoms with Crippen molar-refractivity contribution in [3.63, 3.8) is 0 Å². The van der Waals surface area contributed by atoms with Gasteiger partial charge in [-0.1, -0.05) is 54.6 Å². The Morgan fingerprint density at radius 1 is 0.889 bits per heavy atom. The Morgan fingerprint density at radius 2 is 1.44 bits per heavy atom. The predicted octanol–water partition coefficient (Wildman–Crippen LogP) is 3.17.